The normalized spacial score (nSPS) is 22.4. The van der Waals surface area contributed by atoms with Crippen LogP contribution in [0.15, 0.2) is 24.3 Å². The number of aryl methyl sites for hydroxylation is 1. The SMILES string of the molecule is CCCCc1ccc(NC(=O)C2NCCC2C)cc1. The van der Waals surface area contributed by atoms with E-state index in [0.717, 1.165) is 25.1 Å². The molecule has 1 aromatic carbocycles. The summed E-state index contributed by atoms with van der Waals surface area (Å²) >= 11 is 0. The van der Waals surface area contributed by atoms with Crippen molar-refractivity contribution in [3.05, 3.63) is 29.8 Å². The standard InChI is InChI=1S/C16H24N2O/c1-3-4-5-13-6-8-14(9-7-13)18-16(19)15-12(2)10-11-17-15/h6-9,12,15,17H,3-5,10-11H2,1-2H3,(H,18,19). The smallest absolute Gasteiger partial charge is 0.241 e. The molecule has 2 rings (SSSR count). The molecule has 0 aliphatic carbocycles. The van der Waals surface area contributed by atoms with Crippen molar-refractivity contribution in [2.24, 2.45) is 5.92 Å². The van der Waals surface area contributed by atoms with Gasteiger partial charge in [0.25, 0.3) is 0 Å². The van der Waals surface area contributed by atoms with Crippen molar-refractivity contribution in [3.63, 3.8) is 0 Å². The van der Waals surface area contributed by atoms with Crippen molar-refractivity contribution >= 4 is 11.6 Å². The maximum atomic E-state index is 12.1. The highest BCUT2D eigenvalue weighted by molar-refractivity contribution is 5.95. The minimum Gasteiger partial charge on any atom is -0.325 e. The first-order valence-corrected chi connectivity index (χ1v) is 7.34. The Morgan fingerprint density at radius 3 is 2.68 bits per heavy atom. The predicted octanol–water partition coefficient (Wildman–Crippen LogP) is 2.97. The molecule has 2 unspecified atom stereocenters. The second-order valence-corrected chi connectivity index (χ2v) is 5.49. The maximum absolute atomic E-state index is 12.1. The van der Waals surface area contributed by atoms with Crippen LogP contribution in [0.4, 0.5) is 5.69 Å². The third-order valence-corrected chi connectivity index (χ3v) is 3.86. The van der Waals surface area contributed by atoms with Crippen LogP contribution in [0.1, 0.15) is 38.7 Å². The summed E-state index contributed by atoms with van der Waals surface area (Å²) in [5.41, 5.74) is 2.23. The lowest BCUT2D eigenvalue weighted by Crippen LogP contribution is -2.39. The van der Waals surface area contributed by atoms with Crippen LogP contribution < -0.4 is 10.6 Å². The molecule has 0 radical (unpaired) electrons. The average molecular weight is 260 g/mol. The van der Waals surface area contributed by atoms with Gasteiger partial charge in [0.15, 0.2) is 0 Å². The van der Waals surface area contributed by atoms with E-state index in [1.54, 1.807) is 0 Å². The molecular formula is C16H24N2O. The molecule has 1 aliphatic rings. The minimum atomic E-state index is -0.0419. The first-order chi connectivity index (χ1) is 9.20. The molecule has 3 nitrogen and oxygen atoms in total. The number of anilines is 1. The van der Waals surface area contributed by atoms with Crippen LogP contribution in [-0.4, -0.2) is 18.5 Å². The van der Waals surface area contributed by atoms with Crippen molar-refractivity contribution in [1.82, 2.24) is 5.32 Å². The van der Waals surface area contributed by atoms with Crippen LogP contribution in [0.5, 0.6) is 0 Å². The van der Waals surface area contributed by atoms with Gasteiger partial charge in [-0.25, -0.2) is 0 Å². The van der Waals surface area contributed by atoms with E-state index in [2.05, 4.69) is 36.6 Å². The fourth-order valence-corrected chi connectivity index (χ4v) is 2.54. The van der Waals surface area contributed by atoms with E-state index in [0.29, 0.717) is 5.92 Å². The van der Waals surface area contributed by atoms with Crippen molar-refractivity contribution < 1.29 is 4.79 Å². The summed E-state index contributed by atoms with van der Waals surface area (Å²) in [5.74, 6) is 0.509. The molecular weight excluding hydrogens is 236 g/mol. The Morgan fingerprint density at radius 1 is 1.37 bits per heavy atom. The Hall–Kier alpha value is -1.35. The summed E-state index contributed by atoms with van der Waals surface area (Å²) in [5, 5.41) is 6.25. The Balaban J connectivity index is 1.90. The van der Waals surface area contributed by atoms with Crippen molar-refractivity contribution in [2.75, 3.05) is 11.9 Å². The highest BCUT2D eigenvalue weighted by atomic mass is 16.2. The highest BCUT2D eigenvalue weighted by Gasteiger charge is 2.29. The van der Waals surface area contributed by atoms with E-state index in [1.807, 2.05) is 12.1 Å². The fourth-order valence-electron chi connectivity index (χ4n) is 2.54. The number of amides is 1. The fraction of sp³-hybridized carbons (Fsp3) is 0.562. The van der Waals surface area contributed by atoms with E-state index in [4.69, 9.17) is 0 Å². The van der Waals surface area contributed by atoms with Crippen molar-refractivity contribution in [2.45, 2.75) is 45.6 Å². The van der Waals surface area contributed by atoms with E-state index in [-0.39, 0.29) is 11.9 Å². The molecule has 1 fully saturated rings. The molecule has 1 amide bonds. The summed E-state index contributed by atoms with van der Waals surface area (Å²) in [7, 11) is 0. The molecule has 2 N–H and O–H groups in total. The number of hydrogen-bond acceptors (Lipinski definition) is 2. The van der Waals surface area contributed by atoms with Gasteiger partial charge in [0.05, 0.1) is 6.04 Å². The minimum absolute atomic E-state index is 0.0419. The topological polar surface area (TPSA) is 41.1 Å². The van der Waals surface area contributed by atoms with Gasteiger partial charge in [-0.15, -0.1) is 0 Å². The molecule has 1 aromatic rings. The molecule has 1 heterocycles. The summed E-state index contributed by atoms with van der Waals surface area (Å²) in [6, 6.07) is 8.18. The van der Waals surface area contributed by atoms with Crippen molar-refractivity contribution in [1.29, 1.82) is 0 Å². The monoisotopic (exact) mass is 260 g/mol. The van der Waals surface area contributed by atoms with E-state index < -0.39 is 0 Å². The van der Waals surface area contributed by atoms with Gasteiger partial charge in [-0.3, -0.25) is 4.79 Å². The van der Waals surface area contributed by atoms with Crippen LogP contribution in [-0.2, 0) is 11.2 Å². The third kappa shape index (κ3) is 3.80. The van der Waals surface area contributed by atoms with Gasteiger partial charge in [-0.05, 0) is 49.4 Å². The van der Waals surface area contributed by atoms with Gasteiger partial charge in [0, 0.05) is 5.69 Å². The summed E-state index contributed by atoms with van der Waals surface area (Å²) < 4.78 is 0. The Morgan fingerprint density at radius 2 is 2.11 bits per heavy atom. The average Bonchev–Trinajstić information content (AvgIpc) is 2.84. The summed E-state index contributed by atoms with van der Waals surface area (Å²) in [6.07, 6.45) is 4.62. The molecule has 0 bridgehead atoms. The maximum Gasteiger partial charge on any atom is 0.241 e. The van der Waals surface area contributed by atoms with Gasteiger partial charge in [0.2, 0.25) is 5.91 Å². The quantitative estimate of drug-likeness (QED) is 0.854. The van der Waals surface area contributed by atoms with Crippen molar-refractivity contribution in [3.8, 4) is 0 Å². The van der Waals surface area contributed by atoms with E-state index >= 15 is 0 Å². The first-order valence-electron chi connectivity index (χ1n) is 7.34. The zero-order chi connectivity index (χ0) is 13.7. The second kappa shape index (κ2) is 6.71. The number of unbranched alkanes of at least 4 members (excludes halogenated alkanes) is 1. The largest absolute Gasteiger partial charge is 0.325 e. The van der Waals surface area contributed by atoms with E-state index in [9.17, 15) is 4.79 Å². The molecule has 1 aliphatic heterocycles. The van der Waals surface area contributed by atoms with Gasteiger partial charge < -0.3 is 10.6 Å². The molecule has 19 heavy (non-hydrogen) atoms. The zero-order valence-electron chi connectivity index (χ0n) is 11.9. The highest BCUT2D eigenvalue weighted by Crippen LogP contribution is 2.17. The number of carbonyl (C=O) groups is 1. The summed E-state index contributed by atoms with van der Waals surface area (Å²) in [6.45, 7) is 5.26. The number of carbonyl (C=O) groups excluding carboxylic acids is 1. The summed E-state index contributed by atoms with van der Waals surface area (Å²) in [4.78, 5) is 12.1. The molecule has 104 valence electrons. The van der Waals surface area contributed by atoms with Gasteiger partial charge >= 0.3 is 0 Å². The lowest BCUT2D eigenvalue weighted by atomic mass is 10.0. The molecule has 0 spiro atoms. The van der Waals surface area contributed by atoms with Gasteiger partial charge in [-0.2, -0.15) is 0 Å². The number of hydrogen-bond donors (Lipinski definition) is 2. The van der Waals surface area contributed by atoms with Crippen LogP contribution >= 0.6 is 0 Å². The Kier molecular flexibility index (Phi) is 4.97. The van der Waals surface area contributed by atoms with Crippen LogP contribution in [0.2, 0.25) is 0 Å². The van der Waals surface area contributed by atoms with Gasteiger partial charge in [-0.1, -0.05) is 32.4 Å². The Bertz CT molecular complexity index is 413. The lowest BCUT2D eigenvalue weighted by molar-refractivity contribution is -0.118. The number of rotatable bonds is 5. The zero-order valence-corrected chi connectivity index (χ0v) is 11.9. The number of nitrogens with one attached hydrogen (secondary N) is 2. The lowest BCUT2D eigenvalue weighted by Gasteiger charge is -2.15. The molecule has 1 saturated heterocycles. The molecule has 0 saturated carbocycles. The first kappa shape index (κ1) is 14.1. The van der Waals surface area contributed by atoms with Crippen LogP contribution in [0.3, 0.4) is 0 Å². The molecule has 3 heteroatoms. The predicted molar refractivity (Wildman–Crippen MR) is 79.3 cm³/mol. The number of benzene rings is 1. The molecule has 2 atom stereocenters. The second-order valence-electron chi connectivity index (χ2n) is 5.49. The van der Waals surface area contributed by atoms with Gasteiger partial charge in [0.1, 0.15) is 0 Å². The third-order valence-electron chi connectivity index (χ3n) is 3.86. The van der Waals surface area contributed by atoms with E-state index in [1.165, 1.54) is 18.4 Å². The molecule has 0 aromatic heterocycles. The Labute approximate surface area is 115 Å². The van der Waals surface area contributed by atoms with Crippen LogP contribution in [0, 0.1) is 5.92 Å². The van der Waals surface area contributed by atoms with Crippen LogP contribution in [0.25, 0.3) is 0 Å².